The Morgan fingerprint density at radius 1 is 1.04 bits per heavy atom. The van der Waals surface area contributed by atoms with Crippen LogP contribution in [0, 0.1) is 0 Å². The van der Waals surface area contributed by atoms with Crippen LogP contribution in [0.3, 0.4) is 0 Å². The van der Waals surface area contributed by atoms with Crippen molar-refractivity contribution < 1.29 is 14.5 Å². The van der Waals surface area contributed by atoms with Crippen molar-refractivity contribution in [2.75, 3.05) is 38.6 Å². The van der Waals surface area contributed by atoms with Gasteiger partial charge in [0.2, 0.25) is 0 Å². The molecule has 27 heavy (non-hydrogen) atoms. The summed E-state index contributed by atoms with van der Waals surface area (Å²) >= 11 is 0. The van der Waals surface area contributed by atoms with Crippen LogP contribution in [-0.4, -0.2) is 51.6 Å². The summed E-state index contributed by atoms with van der Waals surface area (Å²) in [4.78, 5) is 28.0. The van der Waals surface area contributed by atoms with E-state index in [1.165, 1.54) is 23.3 Å². The Hall–Kier alpha value is -2.08. The van der Waals surface area contributed by atoms with Crippen LogP contribution in [0.25, 0.3) is 0 Å². The first kappa shape index (κ1) is 19.7. The monoisotopic (exact) mass is 373 g/mol. The molecule has 148 valence electrons. The van der Waals surface area contributed by atoms with E-state index < -0.39 is 11.8 Å². The molecule has 1 heterocycles. The maximum atomic E-state index is 12.3. The molecule has 1 aliphatic heterocycles. The molecule has 1 atom stereocenters. The molecule has 0 radical (unpaired) electrons. The highest BCUT2D eigenvalue weighted by atomic mass is 16.2. The predicted octanol–water partition coefficient (Wildman–Crippen LogP) is 0.647. The summed E-state index contributed by atoms with van der Waals surface area (Å²) in [7, 11) is 4.06. The van der Waals surface area contributed by atoms with Crippen LogP contribution in [0.5, 0.6) is 0 Å². The molecule has 3 N–H and O–H groups in total. The average Bonchev–Trinajstić information content (AvgIpc) is 3.36. The molecule has 2 fully saturated rings. The molecule has 1 saturated carbocycles. The fourth-order valence-corrected chi connectivity index (χ4v) is 4.28. The zero-order chi connectivity index (χ0) is 19.2. The number of carbonyl (C=O) groups excluding carboxylic acids is 2. The van der Waals surface area contributed by atoms with Gasteiger partial charge in [-0.15, -0.1) is 0 Å². The average molecular weight is 374 g/mol. The van der Waals surface area contributed by atoms with Crippen molar-refractivity contribution in [2.45, 2.75) is 50.6 Å². The normalized spacial score (nSPS) is 19.0. The quantitative estimate of drug-likeness (QED) is 0.642. The molecule has 2 aliphatic rings. The molecule has 1 saturated heterocycles. The smallest absolute Gasteiger partial charge is 0.309 e. The van der Waals surface area contributed by atoms with Gasteiger partial charge in [-0.3, -0.25) is 9.59 Å². The number of quaternary nitrogens is 1. The second-order valence-electron chi connectivity index (χ2n) is 8.07. The zero-order valence-electron chi connectivity index (χ0n) is 16.6. The second-order valence-corrected chi connectivity index (χ2v) is 8.07. The predicted molar refractivity (Wildman–Crippen MR) is 107 cm³/mol. The molecule has 1 aromatic rings. The number of hydrogen-bond acceptors (Lipinski definition) is 3. The SMILES string of the molecule is CN(C)c1ccc([C@@H](CNC(=O)C(=O)NC2CCCC2)[NH+]2CCCC2)cc1. The summed E-state index contributed by atoms with van der Waals surface area (Å²) in [6.07, 6.45) is 6.68. The Kier molecular flexibility index (Phi) is 6.72. The van der Waals surface area contributed by atoms with Gasteiger partial charge in [-0.2, -0.15) is 0 Å². The van der Waals surface area contributed by atoms with Crippen molar-refractivity contribution in [1.82, 2.24) is 10.6 Å². The Morgan fingerprint density at radius 2 is 1.67 bits per heavy atom. The van der Waals surface area contributed by atoms with E-state index in [0.717, 1.165) is 44.5 Å². The number of benzene rings is 1. The van der Waals surface area contributed by atoms with Crippen molar-refractivity contribution in [3.05, 3.63) is 29.8 Å². The van der Waals surface area contributed by atoms with Crippen LogP contribution >= 0.6 is 0 Å². The highest BCUT2D eigenvalue weighted by Crippen LogP contribution is 2.18. The summed E-state index contributed by atoms with van der Waals surface area (Å²) in [6.45, 7) is 2.72. The summed E-state index contributed by atoms with van der Waals surface area (Å²) in [6, 6.07) is 8.89. The van der Waals surface area contributed by atoms with Crippen LogP contribution < -0.4 is 20.4 Å². The highest BCUT2D eigenvalue weighted by Gasteiger charge is 2.29. The van der Waals surface area contributed by atoms with Crippen LogP contribution in [0.4, 0.5) is 5.69 Å². The molecule has 1 aromatic carbocycles. The third-order valence-corrected chi connectivity index (χ3v) is 5.91. The Bertz CT molecular complexity index is 632. The van der Waals surface area contributed by atoms with E-state index in [9.17, 15) is 9.59 Å². The molecule has 1 aliphatic carbocycles. The molecule has 0 aromatic heterocycles. The maximum Gasteiger partial charge on any atom is 0.309 e. The highest BCUT2D eigenvalue weighted by molar-refractivity contribution is 6.35. The second kappa shape index (κ2) is 9.22. The summed E-state index contributed by atoms with van der Waals surface area (Å²) in [5.74, 6) is -0.990. The lowest BCUT2D eigenvalue weighted by Gasteiger charge is -2.26. The summed E-state index contributed by atoms with van der Waals surface area (Å²) in [5.41, 5.74) is 2.38. The minimum Gasteiger partial charge on any atom is -0.378 e. The van der Waals surface area contributed by atoms with E-state index in [1.54, 1.807) is 0 Å². The number of hydrogen-bond donors (Lipinski definition) is 3. The first-order chi connectivity index (χ1) is 13.0. The Morgan fingerprint density at radius 3 is 2.26 bits per heavy atom. The molecule has 6 heteroatoms. The van der Waals surface area contributed by atoms with E-state index in [2.05, 4.69) is 39.8 Å². The Balaban J connectivity index is 1.61. The van der Waals surface area contributed by atoms with Gasteiger partial charge < -0.3 is 20.4 Å². The molecule has 2 amide bonds. The standard InChI is InChI=1S/C21H32N4O2/c1-24(2)18-11-9-16(10-12-18)19(25-13-5-6-14-25)15-22-20(26)21(27)23-17-7-3-4-8-17/h9-12,17,19H,3-8,13-15H2,1-2H3,(H,22,26)(H,23,27)/p+1/t19-/m1/s1. The van der Waals surface area contributed by atoms with E-state index >= 15 is 0 Å². The van der Waals surface area contributed by atoms with Crippen LogP contribution in [0.15, 0.2) is 24.3 Å². The van der Waals surface area contributed by atoms with Gasteiger partial charge in [0.25, 0.3) is 0 Å². The maximum absolute atomic E-state index is 12.3. The van der Waals surface area contributed by atoms with Crippen molar-refractivity contribution in [3.8, 4) is 0 Å². The van der Waals surface area contributed by atoms with Gasteiger partial charge in [-0.05, 0) is 25.0 Å². The first-order valence-electron chi connectivity index (χ1n) is 10.2. The largest absolute Gasteiger partial charge is 0.378 e. The van der Waals surface area contributed by atoms with Gasteiger partial charge in [-0.1, -0.05) is 25.0 Å². The number of carbonyl (C=O) groups is 2. The van der Waals surface area contributed by atoms with Gasteiger partial charge in [0.1, 0.15) is 6.04 Å². The third-order valence-electron chi connectivity index (χ3n) is 5.91. The number of nitrogens with one attached hydrogen (secondary N) is 3. The number of rotatable bonds is 6. The topological polar surface area (TPSA) is 65.9 Å². The molecule has 0 spiro atoms. The minimum absolute atomic E-state index is 0.168. The number of amides is 2. The van der Waals surface area contributed by atoms with Crippen LogP contribution in [-0.2, 0) is 9.59 Å². The fourth-order valence-electron chi connectivity index (χ4n) is 4.28. The Labute approximate surface area is 162 Å². The van der Waals surface area contributed by atoms with Gasteiger partial charge >= 0.3 is 11.8 Å². The van der Waals surface area contributed by atoms with Gasteiger partial charge in [0.05, 0.1) is 19.6 Å². The third kappa shape index (κ3) is 5.22. The van der Waals surface area contributed by atoms with Crippen molar-refractivity contribution in [3.63, 3.8) is 0 Å². The van der Waals surface area contributed by atoms with Crippen molar-refractivity contribution in [1.29, 1.82) is 0 Å². The first-order valence-corrected chi connectivity index (χ1v) is 10.2. The molecular formula is C21H33N4O2+. The van der Waals surface area contributed by atoms with Gasteiger partial charge in [0.15, 0.2) is 0 Å². The van der Waals surface area contributed by atoms with Gasteiger partial charge in [-0.25, -0.2) is 0 Å². The summed E-state index contributed by atoms with van der Waals surface area (Å²) < 4.78 is 0. The zero-order valence-corrected chi connectivity index (χ0v) is 16.6. The lowest BCUT2D eigenvalue weighted by atomic mass is 10.0. The van der Waals surface area contributed by atoms with Gasteiger partial charge in [0, 0.05) is 44.2 Å². The van der Waals surface area contributed by atoms with Crippen LogP contribution in [0.1, 0.15) is 50.1 Å². The van der Waals surface area contributed by atoms with E-state index in [-0.39, 0.29) is 12.1 Å². The van der Waals surface area contributed by atoms with Crippen molar-refractivity contribution in [2.24, 2.45) is 0 Å². The molecule has 0 bridgehead atoms. The lowest BCUT2D eigenvalue weighted by molar-refractivity contribution is -0.918. The number of nitrogens with zero attached hydrogens (tertiary/aromatic N) is 1. The minimum atomic E-state index is -0.504. The van der Waals surface area contributed by atoms with E-state index in [0.29, 0.717) is 6.54 Å². The molecular weight excluding hydrogens is 340 g/mol. The van der Waals surface area contributed by atoms with Crippen LogP contribution in [0.2, 0.25) is 0 Å². The molecule has 0 unspecified atom stereocenters. The summed E-state index contributed by atoms with van der Waals surface area (Å²) in [5, 5.41) is 5.76. The van der Waals surface area contributed by atoms with Crippen molar-refractivity contribution >= 4 is 17.5 Å². The number of likely N-dealkylation sites (tertiary alicyclic amines) is 1. The lowest BCUT2D eigenvalue weighted by Crippen LogP contribution is -3.11. The fraction of sp³-hybridized carbons (Fsp3) is 0.619. The molecule has 3 rings (SSSR count). The number of anilines is 1. The molecule has 6 nitrogen and oxygen atoms in total. The van der Waals surface area contributed by atoms with E-state index in [1.807, 2.05) is 14.1 Å². The van der Waals surface area contributed by atoms with E-state index in [4.69, 9.17) is 0 Å².